The van der Waals surface area contributed by atoms with Crippen molar-refractivity contribution in [3.63, 3.8) is 0 Å². The molecule has 12 nitrogen and oxygen atoms in total. The lowest BCUT2D eigenvalue weighted by Gasteiger charge is -2.42. The molecule has 2 aromatic rings. The minimum absolute atomic E-state index is 0.0551. The van der Waals surface area contributed by atoms with Crippen LogP contribution in [-0.2, 0) is 14.8 Å². The molecule has 2 saturated heterocycles. The van der Waals surface area contributed by atoms with Gasteiger partial charge in [0.05, 0.1) is 6.61 Å². The van der Waals surface area contributed by atoms with E-state index >= 15 is 0 Å². The van der Waals surface area contributed by atoms with Gasteiger partial charge in [0.2, 0.25) is 0 Å². The molecule has 13 heteroatoms. The Labute approximate surface area is 204 Å². The number of benzene rings is 1. The second-order valence-electron chi connectivity index (χ2n) is 8.85. The van der Waals surface area contributed by atoms with Crippen LogP contribution < -0.4 is 10.6 Å². The van der Waals surface area contributed by atoms with Gasteiger partial charge in [0.15, 0.2) is 0 Å². The first kappa shape index (κ1) is 24.9. The minimum Gasteiger partial charge on any atom is -0.384 e. The molecule has 0 aliphatic carbocycles. The zero-order valence-corrected chi connectivity index (χ0v) is 20.4. The van der Waals surface area contributed by atoms with E-state index in [0.717, 1.165) is 0 Å². The molecule has 0 bridgehead atoms. The van der Waals surface area contributed by atoms with Crippen LogP contribution in [0.4, 0.5) is 10.5 Å². The summed E-state index contributed by atoms with van der Waals surface area (Å²) >= 11 is 0. The molecular formula is C22H30N8O4S. The van der Waals surface area contributed by atoms with Gasteiger partial charge >= 0.3 is 6.03 Å². The highest BCUT2D eigenvalue weighted by Crippen LogP contribution is 2.28. The molecular weight excluding hydrogens is 472 g/mol. The number of rotatable bonds is 8. The predicted molar refractivity (Wildman–Crippen MR) is 128 cm³/mol. The maximum Gasteiger partial charge on any atom is 0.324 e. The van der Waals surface area contributed by atoms with Crippen molar-refractivity contribution in [2.45, 2.75) is 18.0 Å². The van der Waals surface area contributed by atoms with Crippen LogP contribution in [0.1, 0.15) is 18.4 Å². The highest BCUT2D eigenvalue weighted by molar-refractivity contribution is 7.88. The van der Waals surface area contributed by atoms with Crippen LogP contribution in [-0.4, -0.2) is 90.9 Å². The number of amides is 2. The quantitative estimate of drug-likeness (QED) is 0.395. The fourth-order valence-corrected chi connectivity index (χ4v) is 5.91. The lowest BCUT2D eigenvalue weighted by atomic mass is 9.96. The zero-order valence-electron chi connectivity index (χ0n) is 19.6. The van der Waals surface area contributed by atoms with E-state index in [1.165, 1.54) is 17.0 Å². The highest BCUT2D eigenvalue weighted by Gasteiger charge is 2.36. The average molecular weight is 503 g/mol. The molecule has 1 unspecified atom stereocenters. The second kappa shape index (κ2) is 10.6. The Morgan fingerprint density at radius 1 is 1.17 bits per heavy atom. The predicted octanol–water partition coefficient (Wildman–Crippen LogP) is 0.761. The van der Waals surface area contributed by atoms with E-state index in [1.54, 1.807) is 30.2 Å². The molecule has 2 aliphatic rings. The summed E-state index contributed by atoms with van der Waals surface area (Å²) in [7, 11) is -2.12. The van der Waals surface area contributed by atoms with Gasteiger partial charge in [0.25, 0.3) is 15.2 Å². The summed E-state index contributed by atoms with van der Waals surface area (Å²) in [5, 5.41) is 7.47. The van der Waals surface area contributed by atoms with Gasteiger partial charge in [-0.05, 0) is 30.9 Å². The Morgan fingerprint density at radius 2 is 1.89 bits per heavy atom. The van der Waals surface area contributed by atoms with Gasteiger partial charge in [0, 0.05) is 57.0 Å². The lowest BCUT2D eigenvalue weighted by Crippen LogP contribution is -2.56. The number of carbonyl (C=O) groups excluding carboxylic acids is 1. The molecule has 3 N–H and O–H groups in total. The number of piperidine rings is 1. The molecule has 188 valence electrons. The summed E-state index contributed by atoms with van der Waals surface area (Å²) in [5.74, 6) is 0.221. The lowest BCUT2D eigenvalue weighted by molar-refractivity contribution is 0.105. The minimum atomic E-state index is -3.76. The molecule has 35 heavy (non-hydrogen) atoms. The van der Waals surface area contributed by atoms with E-state index in [-0.39, 0.29) is 28.9 Å². The fourth-order valence-electron chi connectivity index (χ4n) is 4.63. The van der Waals surface area contributed by atoms with E-state index in [9.17, 15) is 13.2 Å². The maximum absolute atomic E-state index is 13.4. The third kappa shape index (κ3) is 5.57. The fraction of sp³-hybridized carbons (Fsp3) is 0.500. The van der Waals surface area contributed by atoms with E-state index < -0.39 is 10.0 Å². The van der Waals surface area contributed by atoms with E-state index in [4.69, 9.17) is 15.9 Å². The summed E-state index contributed by atoms with van der Waals surface area (Å²) in [6.07, 6.45) is 3.59. The van der Waals surface area contributed by atoms with Gasteiger partial charge in [0.1, 0.15) is 18.5 Å². The van der Waals surface area contributed by atoms with Crippen LogP contribution >= 0.6 is 0 Å². The molecule has 0 radical (unpaired) electrons. The number of anilines is 1. The van der Waals surface area contributed by atoms with Gasteiger partial charge < -0.3 is 15.4 Å². The first-order valence-corrected chi connectivity index (χ1v) is 12.9. The molecule has 2 amide bonds. The number of amidine groups is 1. The van der Waals surface area contributed by atoms with E-state index in [1.807, 2.05) is 11.0 Å². The summed E-state index contributed by atoms with van der Waals surface area (Å²) in [6, 6.07) is 6.99. The Morgan fingerprint density at radius 3 is 2.54 bits per heavy atom. The average Bonchev–Trinajstić information content (AvgIpc) is 2.87. The van der Waals surface area contributed by atoms with Gasteiger partial charge in [-0.15, -0.1) is 0 Å². The SMILES string of the molecule is COCC1CN(CC2CCN(S(=O)(=O)c3ncncn3)CC2)C(=O)N(c2cccc(C(=N)N)c2)C1. The molecule has 1 atom stereocenters. The maximum atomic E-state index is 13.4. The van der Waals surface area contributed by atoms with Crippen LogP contribution in [0.25, 0.3) is 0 Å². The van der Waals surface area contributed by atoms with Crippen molar-refractivity contribution in [1.82, 2.24) is 24.2 Å². The first-order valence-electron chi connectivity index (χ1n) is 11.4. The third-order valence-corrected chi connectivity index (χ3v) is 8.10. The molecule has 0 saturated carbocycles. The number of nitrogens with zero attached hydrogens (tertiary/aromatic N) is 6. The monoisotopic (exact) mass is 502 g/mol. The van der Waals surface area contributed by atoms with Gasteiger partial charge in [-0.2, -0.15) is 4.31 Å². The molecule has 2 aliphatic heterocycles. The van der Waals surface area contributed by atoms with Crippen molar-refractivity contribution in [1.29, 1.82) is 5.41 Å². The van der Waals surface area contributed by atoms with Crippen molar-refractivity contribution in [2.24, 2.45) is 17.6 Å². The Bertz CT molecular complexity index is 1160. The number of methoxy groups -OCH3 is 1. The Kier molecular flexibility index (Phi) is 7.57. The van der Waals surface area contributed by atoms with E-state index in [2.05, 4.69) is 15.0 Å². The van der Waals surface area contributed by atoms with Crippen LogP contribution in [0.5, 0.6) is 0 Å². The summed E-state index contributed by atoms with van der Waals surface area (Å²) in [5.41, 5.74) is 6.89. The van der Waals surface area contributed by atoms with Crippen LogP contribution in [0.3, 0.4) is 0 Å². The molecule has 3 heterocycles. The number of aromatic nitrogens is 3. The number of nitrogens with one attached hydrogen (secondary N) is 1. The van der Waals surface area contributed by atoms with Crippen molar-refractivity contribution < 1.29 is 17.9 Å². The number of urea groups is 1. The Balaban J connectivity index is 1.44. The number of ether oxygens (including phenoxy) is 1. The van der Waals surface area contributed by atoms with Crippen molar-refractivity contribution in [2.75, 3.05) is 51.3 Å². The molecule has 1 aromatic heterocycles. The standard InChI is InChI=1S/C22H30N8O4S/c1-34-13-17-11-28(22(31)30(12-17)19-4-2-3-18(9-19)20(23)24)10-16-5-7-29(8-6-16)35(32,33)21-26-14-25-15-27-21/h2-4,9,14-17H,5-8,10-13H2,1H3,(H3,23,24). The summed E-state index contributed by atoms with van der Waals surface area (Å²) in [6.45, 7) is 2.79. The number of carbonyl (C=O) groups is 1. The number of hydrogen-bond donors (Lipinski definition) is 2. The van der Waals surface area contributed by atoms with Crippen LogP contribution in [0, 0.1) is 17.2 Å². The Hall–Kier alpha value is -3.16. The second-order valence-corrected chi connectivity index (χ2v) is 10.7. The normalized spacial score (nSPS) is 20.3. The van der Waals surface area contributed by atoms with Crippen LogP contribution in [0.15, 0.2) is 42.1 Å². The molecule has 0 spiro atoms. The molecule has 4 rings (SSSR count). The van der Waals surface area contributed by atoms with Crippen LogP contribution in [0.2, 0.25) is 0 Å². The molecule has 1 aromatic carbocycles. The van der Waals surface area contributed by atoms with Gasteiger partial charge in [-0.25, -0.2) is 28.2 Å². The smallest absolute Gasteiger partial charge is 0.324 e. The van der Waals surface area contributed by atoms with Crippen molar-refractivity contribution >= 4 is 27.6 Å². The van der Waals surface area contributed by atoms with Crippen molar-refractivity contribution in [3.8, 4) is 0 Å². The number of nitrogen functional groups attached to an aromatic ring is 1. The first-order chi connectivity index (χ1) is 16.8. The molecule has 2 fully saturated rings. The zero-order chi connectivity index (χ0) is 25.0. The van der Waals surface area contributed by atoms with Gasteiger partial charge in [-0.3, -0.25) is 10.3 Å². The summed E-state index contributed by atoms with van der Waals surface area (Å²) in [4.78, 5) is 28.2. The van der Waals surface area contributed by atoms with Gasteiger partial charge in [-0.1, -0.05) is 12.1 Å². The van der Waals surface area contributed by atoms with E-state index in [0.29, 0.717) is 63.4 Å². The summed E-state index contributed by atoms with van der Waals surface area (Å²) < 4.78 is 32.4. The number of nitrogens with two attached hydrogens (primary N) is 1. The van der Waals surface area contributed by atoms with Crippen molar-refractivity contribution in [3.05, 3.63) is 42.5 Å². The topological polar surface area (TPSA) is 159 Å². The third-order valence-electron chi connectivity index (χ3n) is 6.38. The number of sulfonamides is 1. The largest absolute Gasteiger partial charge is 0.384 e. The highest BCUT2D eigenvalue weighted by atomic mass is 32.2. The number of hydrogen-bond acceptors (Lipinski definition) is 8.